The predicted octanol–water partition coefficient (Wildman–Crippen LogP) is 3.40. The van der Waals surface area contributed by atoms with Crippen LogP contribution < -0.4 is 9.94 Å². The first-order valence-electron chi connectivity index (χ1n) is 8.71. The molecular formula is C19H14N4O5S3. The minimum Gasteiger partial charge on any atom is -0.312 e. The van der Waals surface area contributed by atoms with Crippen molar-refractivity contribution in [3.8, 4) is 0 Å². The van der Waals surface area contributed by atoms with Gasteiger partial charge in [-0.2, -0.15) is 4.99 Å². The second kappa shape index (κ2) is 7.81. The summed E-state index contributed by atoms with van der Waals surface area (Å²) in [5, 5.41) is 16.8. The number of rotatable bonds is 5. The first-order chi connectivity index (χ1) is 14.7. The van der Waals surface area contributed by atoms with Gasteiger partial charge >= 0.3 is 0 Å². The molecule has 0 unspecified atom stereocenters. The van der Waals surface area contributed by atoms with Crippen LogP contribution in [0.25, 0.3) is 20.3 Å². The lowest BCUT2D eigenvalue weighted by Crippen LogP contribution is -2.16. The Labute approximate surface area is 183 Å². The van der Waals surface area contributed by atoms with Gasteiger partial charge in [0.15, 0.2) is 4.80 Å². The molecule has 0 aliphatic carbocycles. The molecule has 0 saturated carbocycles. The van der Waals surface area contributed by atoms with Crippen molar-refractivity contribution in [1.29, 1.82) is 0 Å². The van der Waals surface area contributed by atoms with E-state index in [1.54, 1.807) is 28.8 Å². The predicted molar refractivity (Wildman–Crippen MR) is 120 cm³/mol. The molecule has 1 amide bonds. The Hall–Kier alpha value is -3.19. The molecule has 158 valence electrons. The minimum absolute atomic E-state index is 0.0315. The topological polar surface area (TPSA) is 138 Å². The molecule has 31 heavy (non-hydrogen) atoms. The number of thiophene rings is 1. The number of aromatic nitrogens is 1. The third-order valence-corrected chi connectivity index (χ3v) is 7.47. The van der Waals surface area contributed by atoms with Crippen molar-refractivity contribution in [3.63, 3.8) is 0 Å². The van der Waals surface area contributed by atoms with Crippen LogP contribution in [0.4, 0.5) is 5.69 Å². The number of nitro groups is 1. The van der Waals surface area contributed by atoms with Crippen LogP contribution in [0.2, 0.25) is 0 Å². The molecule has 0 atom stereocenters. The number of carbonyl (C=O) groups excluding carboxylic acids is 1. The fourth-order valence-corrected chi connectivity index (χ4v) is 5.63. The normalized spacial score (nSPS) is 12.5. The third kappa shape index (κ3) is 4.05. The Bertz CT molecular complexity index is 1560. The summed E-state index contributed by atoms with van der Waals surface area (Å²) in [7, 11) is -3.87. The number of nitro benzene ring substituents is 1. The molecule has 0 saturated heterocycles. The smallest absolute Gasteiger partial charge is 0.289 e. The molecule has 4 rings (SSSR count). The average molecular weight is 475 g/mol. The number of nitrogens with two attached hydrogens (primary N) is 1. The SMILES string of the molecule is C=CCn1c(=NC(=O)c2cc3cc([N+](=O)[O-])ccc3s2)sc2cc(S(N)(=O)=O)ccc21. The highest BCUT2D eigenvalue weighted by Gasteiger charge is 2.15. The molecule has 0 fully saturated rings. The van der Waals surface area contributed by atoms with E-state index in [9.17, 15) is 23.3 Å². The highest BCUT2D eigenvalue weighted by atomic mass is 32.2. The highest BCUT2D eigenvalue weighted by Crippen LogP contribution is 2.29. The van der Waals surface area contributed by atoms with Gasteiger partial charge in [-0.05, 0) is 30.3 Å². The fourth-order valence-electron chi connectivity index (χ4n) is 3.01. The fraction of sp³-hybridized carbons (Fsp3) is 0.0526. The van der Waals surface area contributed by atoms with Gasteiger partial charge in [0.05, 0.1) is 24.9 Å². The zero-order chi connectivity index (χ0) is 22.3. The molecule has 9 nitrogen and oxygen atoms in total. The molecule has 0 aliphatic rings. The Kier molecular flexibility index (Phi) is 5.31. The van der Waals surface area contributed by atoms with Crippen LogP contribution in [-0.4, -0.2) is 23.8 Å². The van der Waals surface area contributed by atoms with E-state index >= 15 is 0 Å². The summed E-state index contributed by atoms with van der Waals surface area (Å²) in [6, 6.07) is 10.4. The quantitative estimate of drug-likeness (QED) is 0.268. The summed E-state index contributed by atoms with van der Waals surface area (Å²) in [4.78, 5) is 28.2. The van der Waals surface area contributed by atoms with E-state index in [1.165, 1.54) is 35.6 Å². The van der Waals surface area contributed by atoms with E-state index in [4.69, 9.17) is 5.14 Å². The number of primary sulfonamides is 1. The first-order valence-corrected chi connectivity index (χ1v) is 11.9. The van der Waals surface area contributed by atoms with Gasteiger partial charge in [-0.1, -0.05) is 17.4 Å². The molecule has 4 aromatic rings. The van der Waals surface area contributed by atoms with Gasteiger partial charge in [-0.15, -0.1) is 17.9 Å². The van der Waals surface area contributed by atoms with Crippen molar-refractivity contribution in [2.75, 3.05) is 0 Å². The van der Waals surface area contributed by atoms with Crippen LogP contribution in [0, 0.1) is 10.1 Å². The maximum Gasteiger partial charge on any atom is 0.289 e. The molecule has 2 aromatic heterocycles. The number of nitrogens with zero attached hydrogens (tertiary/aromatic N) is 3. The summed E-state index contributed by atoms with van der Waals surface area (Å²) >= 11 is 2.34. The van der Waals surface area contributed by atoms with Crippen LogP contribution in [0.1, 0.15) is 9.67 Å². The van der Waals surface area contributed by atoms with Crippen LogP contribution in [-0.2, 0) is 16.6 Å². The van der Waals surface area contributed by atoms with Gasteiger partial charge in [0.2, 0.25) is 10.0 Å². The maximum atomic E-state index is 12.8. The van der Waals surface area contributed by atoms with Crippen LogP contribution in [0.15, 0.2) is 65.0 Å². The summed E-state index contributed by atoms with van der Waals surface area (Å²) in [6.45, 7) is 4.08. The number of thiazole rings is 1. The van der Waals surface area contributed by atoms with Crippen molar-refractivity contribution >= 4 is 64.6 Å². The van der Waals surface area contributed by atoms with E-state index in [2.05, 4.69) is 11.6 Å². The number of amides is 1. The Morgan fingerprint density at radius 2 is 1.97 bits per heavy atom. The summed E-state index contributed by atoms with van der Waals surface area (Å²) < 4.78 is 26.4. The Morgan fingerprint density at radius 1 is 1.19 bits per heavy atom. The lowest BCUT2D eigenvalue weighted by atomic mass is 10.2. The highest BCUT2D eigenvalue weighted by molar-refractivity contribution is 7.89. The maximum absolute atomic E-state index is 12.8. The lowest BCUT2D eigenvalue weighted by molar-refractivity contribution is -0.384. The van der Waals surface area contributed by atoms with Gasteiger partial charge in [0, 0.05) is 28.8 Å². The van der Waals surface area contributed by atoms with Crippen molar-refractivity contribution < 1.29 is 18.1 Å². The van der Waals surface area contributed by atoms with Crippen molar-refractivity contribution in [2.45, 2.75) is 11.4 Å². The second-order valence-electron chi connectivity index (χ2n) is 6.47. The molecular weight excluding hydrogens is 460 g/mol. The average Bonchev–Trinajstić information content (AvgIpc) is 3.28. The molecule has 0 radical (unpaired) electrons. The number of benzene rings is 2. The summed E-state index contributed by atoms with van der Waals surface area (Å²) in [5.74, 6) is -0.500. The molecule has 0 spiro atoms. The van der Waals surface area contributed by atoms with Crippen LogP contribution in [0.5, 0.6) is 0 Å². The zero-order valence-electron chi connectivity index (χ0n) is 15.7. The van der Waals surface area contributed by atoms with E-state index < -0.39 is 20.9 Å². The monoisotopic (exact) mass is 474 g/mol. The lowest BCUT2D eigenvalue weighted by Gasteiger charge is -2.02. The van der Waals surface area contributed by atoms with Gasteiger partial charge in [0.1, 0.15) is 0 Å². The number of sulfonamides is 1. The first kappa shape index (κ1) is 21.1. The number of allylic oxidation sites excluding steroid dienone is 1. The number of hydrogen-bond acceptors (Lipinski definition) is 7. The Balaban J connectivity index is 1.83. The van der Waals surface area contributed by atoms with Gasteiger partial charge in [0.25, 0.3) is 11.6 Å². The van der Waals surface area contributed by atoms with Crippen molar-refractivity contribution in [3.05, 3.63) is 74.9 Å². The number of non-ortho nitro benzene ring substituents is 1. The standard InChI is InChI=1S/C19H14N4O5S3/c1-2-7-22-14-5-4-13(31(20,27)28)10-16(14)30-19(22)21-18(24)17-9-11-8-12(23(25)26)3-6-15(11)29-17/h2-6,8-10H,1,7H2,(H2,20,27,28). The molecule has 0 bridgehead atoms. The molecule has 12 heteroatoms. The Morgan fingerprint density at radius 3 is 2.65 bits per heavy atom. The zero-order valence-corrected chi connectivity index (χ0v) is 18.2. The van der Waals surface area contributed by atoms with E-state index in [1.807, 2.05) is 0 Å². The van der Waals surface area contributed by atoms with Crippen molar-refractivity contribution in [1.82, 2.24) is 4.57 Å². The number of carbonyl (C=O) groups is 1. The summed E-state index contributed by atoms with van der Waals surface area (Å²) in [6.07, 6.45) is 1.64. The number of fused-ring (bicyclic) bond motifs is 2. The second-order valence-corrected chi connectivity index (χ2v) is 10.1. The van der Waals surface area contributed by atoms with Crippen LogP contribution >= 0.6 is 22.7 Å². The largest absolute Gasteiger partial charge is 0.312 e. The molecule has 0 aliphatic heterocycles. The van der Waals surface area contributed by atoms with Gasteiger partial charge in [-0.25, -0.2) is 13.6 Å². The van der Waals surface area contributed by atoms with Gasteiger partial charge in [-0.3, -0.25) is 14.9 Å². The third-order valence-electron chi connectivity index (χ3n) is 4.41. The summed E-state index contributed by atoms with van der Waals surface area (Å²) in [5.41, 5.74) is 0.635. The van der Waals surface area contributed by atoms with Crippen molar-refractivity contribution in [2.24, 2.45) is 10.1 Å². The minimum atomic E-state index is -3.87. The van der Waals surface area contributed by atoms with Crippen LogP contribution in [0.3, 0.4) is 0 Å². The molecule has 2 aromatic carbocycles. The molecule has 2 heterocycles. The van der Waals surface area contributed by atoms with E-state index in [0.717, 1.165) is 16.0 Å². The van der Waals surface area contributed by atoms with Gasteiger partial charge < -0.3 is 4.57 Å². The van der Waals surface area contributed by atoms with E-state index in [-0.39, 0.29) is 10.6 Å². The molecule has 2 N–H and O–H groups in total. The van der Waals surface area contributed by atoms with E-state index in [0.29, 0.717) is 31.8 Å². The number of hydrogen-bond donors (Lipinski definition) is 1.